The molecule has 152 valence electrons. The molecule has 0 bridgehead atoms. The molecule has 30 heavy (non-hydrogen) atoms. The highest BCUT2D eigenvalue weighted by molar-refractivity contribution is 5.76. The molecule has 5 heteroatoms. The molecule has 0 saturated heterocycles. The van der Waals surface area contributed by atoms with E-state index in [4.69, 9.17) is 4.74 Å². The van der Waals surface area contributed by atoms with Crippen molar-refractivity contribution < 1.29 is 9.53 Å². The summed E-state index contributed by atoms with van der Waals surface area (Å²) in [5.41, 5.74) is 5.55. The molecule has 0 unspecified atom stereocenters. The third kappa shape index (κ3) is 4.87. The Hall–Kier alpha value is -3.60. The van der Waals surface area contributed by atoms with E-state index < -0.39 is 0 Å². The highest BCUT2D eigenvalue weighted by Gasteiger charge is 2.05. The van der Waals surface area contributed by atoms with Crippen molar-refractivity contribution in [1.82, 2.24) is 14.9 Å². The molecule has 0 atom stereocenters. The molecular weight excluding hydrogens is 374 g/mol. The van der Waals surface area contributed by atoms with Crippen LogP contribution >= 0.6 is 0 Å². The number of ether oxygens (including phenoxy) is 1. The molecule has 4 rings (SSSR count). The minimum absolute atomic E-state index is 0.0554. The van der Waals surface area contributed by atoms with Gasteiger partial charge in [-0.3, -0.25) is 4.79 Å². The van der Waals surface area contributed by atoms with Gasteiger partial charge in [0.15, 0.2) is 0 Å². The van der Waals surface area contributed by atoms with Crippen molar-refractivity contribution in [3.8, 4) is 5.75 Å². The van der Waals surface area contributed by atoms with E-state index in [1.807, 2.05) is 48.8 Å². The summed E-state index contributed by atoms with van der Waals surface area (Å²) in [5.74, 6) is 0.882. The molecule has 0 saturated carbocycles. The zero-order valence-electron chi connectivity index (χ0n) is 17.0. The van der Waals surface area contributed by atoms with Crippen molar-refractivity contribution in [3.05, 3.63) is 95.8 Å². The predicted molar refractivity (Wildman–Crippen MR) is 118 cm³/mol. The molecule has 1 aromatic heterocycles. The number of carbonyl (C=O) groups is 1. The van der Waals surface area contributed by atoms with Gasteiger partial charge in [0.25, 0.3) is 0 Å². The average molecular weight is 399 g/mol. The van der Waals surface area contributed by atoms with Gasteiger partial charge in [-0.2, -0.15) is 0 Å². The number of rotatable bonds is 8. The van der Waals surface area contributed by atoms with Gasteiger partial charge < -0.3 is 14.6 Å². The monoisotopic (exact) mass is 399 g/mol. The first-order valence-electron chi connectivity index (χ1n) is 10.1. The summed E-state index contributed by atoms with van der Waals surface area (Å²) in [6.07, 6.45) is 3.06. The van der Waals surface area contributed by atoms with Crippen LogP contribution in [0.4, 0.5) is 0 Å². The zero-order chi connectivity index (χ0) is 20.8. The Morgan fingerprint density at radius 3 is 2.40 bits per heavy atom. The number of hydrogen-bond acceptors (Lipinski definition) is 3. The lowest BCUT2D eigenvalue weighted by molar-refractivity contribution is -0.121. The fourth-order valence-electron chi connectivity index (χ4n) is 3.43. The SMILES string of the molecule is COc1ccc(CCC(=O)NCc2ccc(Cn3cnc4ccccc43)cc2)cc1. The largest absolute Gasteiger partial charge is 0.497 e. The van der Waals surface area contributed by atoms with Crippen LogP contribution in [-0.4, -0.2) is 22.6 Å². The molecule has 1 amide bonds. The normalized spacial score (nSPS) is 10.8. The second-order valence-electron chi connectivity index (χ2n) is 7.30. The zero-order valence-corrected chi connectivity index (χ0v) is 17.0. The van der Waals surface area contributed by atoms with Crippen LogP contribution in [0.5, 0.6) is 5.75 Å². The van der Waals surface area contributed by atoms with Crippen LogP contribution in [0.3, 0.4) is 0 Å². The lowest BCUT2D eigenvalue weighted by Crippen LogP contribution is -2.23. The van der Waals surface area contributed by atoms with Crippen molar-refractivity contribution in [3.63, 3.8) is 0 Å². The Balaban J connectivity index is 1.26. The number of aromatic nitrogens is 2. The third-order valence-electron chi connectivity index (χ3n) is 5.19. The molecule has 4 aromatic rings. The number of amides is 1. The minimum atomic E-state index is 0.0554. The summed E-state index contributed by atoms with van der Waals surface area (Å²) in [6, 6.07) is 24.3. The van der Waals surface area contributed by atoms with E-state index >= 15 is 0 Å². The van der Waals surface area contributed by atoms with E-state index in [-0.39, 0.29) is 5.91 Å². The molecule has 5 nitrogen and oxygen atoms in total. The number of nitrogens with zero attached hydrogens (tertiary/aromatic N) is 2. The summed E-state index contributed by atoms with van der Waals surface area (Å²) in [5, 5.41) is 3.00. The smallest absolute Gasteiger partial charge is 0.220 e. The molecule has 0 aliphatic heterocycles. The highest BCUT2D eigenvalue weighted by Crippen LogP contribution is 2.15. The van der Waals surface area contributed by atoms with Gasteiger partial charge in [-0.25, -0.2) is 4.98 Å². The van der Waals surface area contributed by atoms with Crippen molar-refractivity contribution in [2.75, 3.05) is 7.11 Å². The van der Waals surface area contributed by atoms with Crippen LogP contribution in [0.25, 0.3) is 11.0 Å². The van der Waals surface area contributed by atoms with Crippen molar-refractivity contribution in [1.29, 1.82) is 0 Å². The quantitative estimate of drug-likeness (QED) is 0.479. The van der Waals surface area contributed by atoms with Gasteiger partial charge in [0.05, 0.1) is 24.5 Å². The second kappa shape index (κ2) is 9.27. The Bertz CT molecular complexity index is 1120. The van der Waals surface area contributed by atoms with Crippen LogP contribution in [0, 0.1) is 0 Å². The van der Waals surface area contributed by atoms with Gasteiger partial charge in [-0.05, 0) is 47.4 Å². The lowest BCUT2D eigenvalue weighted by Gasteiger charge is -2.08. The van der Waals surface area contributed by atoms with Crippen LogP contribution in [-0.2, 0) is 24.3 Å². The number of fused-ring (bicyclic) bond motifs is 1. The number of para-hydroxylation sites is 2. The maximum absolute atomic E-state index is 12.2. The third-order valence-corrected chi connectivity index (χ3v) is 5.19. The van der Waals surface area contributed by atoms with Crippen LogP contribution in [0.1, 0.15) is 23.1 Å². The van der Waals surface area contributed by atoms with Crippen LogP contribution < -0.4 is 10.1 Å². The van der Waals surface area contributed by atoms with E-state index in [2.05, 4.69) is 45.2 Å². The van der Waals surface area contributed by atoms with E-state index in [0.717, 1.165) is 34.5 Å². The number of nitrogens with one attached hydrogen (secondary N) is 1. The van der Waals surface area contributed by atoms with Gasteiger partial charge in [-0.15, -0.1) is 0 Å². The standard InChI is InChI=1S/C25H25N3O2/c1-30-22-13-10-19(11-14-22)12-15-25(29)26-16-20-6-8-21(9-7-20)17-28-18-27-23-4-2-3-5-24(23)28/h2-11,13-14,18H,12,15-17H2,1H3,(H,26,29). The fourth-order valence-corrected chi connectivity index (χ4v) is 3.43. The Morgan fingerprint density at radius 1 is 0.933 bits per heavy atom. The number of methoxy groups -OCH3 is 1. The van der Waals surface area contributed by atoms with Crippen LogP contribution in [0.15, 0.2) is 79.1 Å². The first kappa shape index (κ1) is 19.7. The lowest BCUT2D eigenvalue weighted by atomic mass is 10.1. The number of hydrogen-bond donors (Lipinski definition) is 1. The first-order valence-corrected chi connectivity index (χ1v) is 10.1. The second-order valence-corrected chi connectivity index (χ2v) is 7.30. The van der Waals surface area contributed by atoms with Crippen molar-refractivity contribution >= 4 is 16.9 Å². The molecule has 0 spiro atoms. The fraction of sp³-hybridized carbons (Fsp3) is 0.200. The van der Waals surface area contributed by atoms with Crippen molar-refractivity contribution in [2.45, 2.75) is 25.9 Å². The molecule has 0 radical (unpaired) electrons. The number of carbonyl (C=O) groups excluding carboxylic acids is 1. The maximum atomic E-state index is 12.2. The van der Waals surface area contributed by atoms with Crippen LogP contribution in [0.2, 0.25) is 0 Å². The summed E-state index contributed by atoms with van der Waals surface area (Å²) in [6.45, 7) is 1.31. The minimum Gasteiger partial charge on any atom is -0.497 e. The Morgan fingerprint density at radius 2 is 1.63 bits per heavy atom. The average Bonchev–Trinajstić information content (AvgIpc) is 3.20. The van der Waals surface area contributed by atoms with E-state index in [1.54, 1.807) is 7.11 Å². The van der Waals surface area contributed by atoms with Gasteiger partial charge in [0.1, 0.15) is 5.75 Å². The van der Waals surface area contributed by atoms with Crippen molar-refractivity contribution in [2.24, 2.45) is 0 Å². The number of imidazole rings is 1. The maximum Gasteiger partial charge on any atom is 0.220 e. The predicted octanol–water partition coefficient (Wildman–Crippen LogP) is 4.34. The molecule has 1 heterocycles. The summed E-state index contributed by atoms with van der Waals surface area (Å²) >= 11 is 0. The Labute approximate surface area is 176 Å². The molecular formula is C25H25N3O2. The summed E-state index contributed by atoms with van der Waals surface area (Å²) in [7, 11) is 1.65. The first-order chi connectivity index (χ1) is 14.7. The number of aryl methyl sites for hydroxylation is 1. The van der Waals surface area contributed by atoms with E-state index in [9.17, 15) is 4.79 Å². The van der Waals surface area contributed by atoms with Gasteiger partial charge >= 0.3 is 0 Å². The van der Waals surface area contributed by atoms with E-state index in [1.165, 1.54) is 5.56 Å². The summed E-state index contributed by atoms with van der Waals surface area (Å²) < 4.78 is 7.30. The molecule has 0 aliphatic carbocycles. The molecule has 1 N–H and O–H groups in total. The van der Waals surface area contributed by atoms with E-state index in [0.29, 0.717) is 19.4 Å². The molecule has 0 fully saturated rings. The van der Waals surface area contributed by atoms with Gasteiger partial charge in [0.2, 0.25) is 5.91 Å². The van der Waals surface area contributed by atoms with Gasteiger partial charge in [-0.1, -0.05) is 48.5 Å². The van der Waals surface area contributed by atoms with Gasteiger partial charge in [0, 0.05) is 19.5 Å². The highest BCUT2D eigenvalue weighted by atomic mass is 16.5. The summed E-state index contributed by atoms with van der Waals surface area (Å²) in [4.78, 5) is 16.6. The number of benzene rings is 3. The molecule has 0 aliphatic rings. The molecule has 3 aromatic carbocycles. The Kier molecular flexibility index (Phi) is 6.09. The topological polar surface area (TPSA) is 56.1 Å².